The summed E-state index contributed by atoms with van der Waals surface area (Å²) < 4.78 is 46.3. The standard InChI is InChI=1S/C31H36FN3O5S/c1-40-20-19-33-31(37)29(21-24-5-3-2-4-6-24)35(22-25-7-12-26(32)13-8-25)30(36)18-11-23-9-16-28(17-10-23)41(38,39)34-27-14-15-27/h2-10,12-13,16-17,27,29,34H,11,14-15,18-22H2,1H3,(H,33,37)/t29-/m0/s1. The van der Waals surface area contributed by atoms with E-state index in [0.29, 0.717) is 31.6 Å². The molecular weight excluding hydrogens is 545 g/mol. The van der Waals surface area contributed by atoms with Gasteiger partial charge >= 0.3 is 0 Å². The van der Waals surface area contributed by atoms with Crippen LogP contribution in [0.2, 0.25) is 0 Å². The largest absolute Gasteiger partial charge is 0.383 e. The van der Waals surface area contributed by atoms with Crippen LogP contribution in [0.1, 0.15) is 36.0 Å². The van der Waals surface area contributed by atoms with Gasteiger partial charge in [-0.15, -0.1) is 0 Å². The number of hydrogen-bond donors (Lipinski definition) is 2. The van der Waals surface area contributed by atoms with E-state index >= 15 is 0 Å². The second-order valence-electron chi connectivity index (χ2n) is 10.2. The molecule has 0 spiro atoms. The molecule has 3 aromatic carbocycles. The Morgan fingerprint density at radius 2 is 1.61 bits per heavy atom. The maximum Gasteiger partial charge on any atom is 0.243 e. The van der Waals surface area contributed by atoms with Gasteiger partial charge in [0.15, 0.2) is 0 Å². The number of rotatable bonds is 15. The van der Waals surface area contributed by atoms with E-state index in [9.17, 15) is 22.4 Å². The number of carbonyl (C=O) groups excluding carboxylic acids is 2. The van der Waals surface area contributed by atoms with E-state index in [4.69, 9.17) is 4.74 Å². The van der Waals surface area contributed by atoms with Crippen LogP contribution < -0.4 is 10.0 Å². The molecule has 1 aliphatic carbocycles. The highest BCUT2D eigenvalue weighted by Crippen LogP contribution is 2.23. The van der Waals surface area contributed by atoms with Crippen molar-refractivity contribution in [3.05, 3.63) is 101 Å². The van der Waals surface area contributed by atoms with Gasteiger partial charge in [0.1, 0.15) is 11.9 Å². The Hall–Kier alpha value is -3.60. The SMILES string of the molecule is COCCNC(=O)[C@H](Cc1ccccc1)N(Cc1ccc(F)cc1)C(=O)CCc1ccc(S(=O)(=O)NC2CC2)cc1. The molecule has 0 aliphatic heterocycles. The number of aryl methyl sites for hydroxylation is 1. The predicted molar refractivity (Wildman–Crippen MR) is 154 cm³/mol. The first-order valence-electron chi connectivity index (χ1n) is 13.7. The molecule has 1 saturated carbocycles. The van der Waals surface area contributed by atoms with E-state index in [1.807, 2.05) is 30.3 Å². The van der Waals surface area contributed by atoms with E-state index in [-0.39, 0.29) is 41.5 Å². The summed E-state index contributed by atoms with van der Waals surface area (Å²) in [7, 11) is -2.02. The summed E-state index contributed by atoms with van der Waals surface area (Å²) in [4.78, 5) is 28.9. The lowest BCUT2D eigenvalue weighted by Gasteiger charge is -2.31. The summed E-state index contributed by atoms with van der Waals surface area (Å²) in [6, 6.07) is 21.0. The van der Waals surface area contributed by atoms with Crippen molar-refractivity contribution < 1.29 is 27.1 Å². The van der Waals surface area contributed by atoms with Crippen LogP contribution in [0.3, 0.4) is 0 Å². The Morgan fingerprint density at radius 3 is 2.24 bits per heavy atom. The third-order valence-corrected chi connectivity index (χ3v) is 8.44. The summed E-state index contributed by atoms with van der Waals surface area (Å²) in [5, 5.41) is 2.87. The number of carbonyl (C=O) groups is 2. The molecule has 4 rings (SSSR count). The fourth-order valence-corrected chi connectivity index (χ4v) is 5.76. The van der Waals surface area contributed by atoms with Gasteiger partial charge in [0.2, 0.25) is 21.8 Å². The summed E-state index contributed by atoms with van der Waals surface area (Å²) in [5.74, 6) is -0.939. The number of ether oxygens (including phenoxy) is 1. The van der Waals surface area contributed by atoms with Crippen molar-refractivity contribution in [2.75, 3.05) is 20.3 Å². The van der Waals surface area contributed by atoms with Crippen LogP contribution in [0.15, 0.2) is 83.8 Å². The molecule has 3 aromatic rings. The van der Waals surface area contributed by atoms with E-state index in [0.717, 1.165) is 24.0 Å². The third-order valence-electron chi connectivity index (χ3n) is 6.90. The number of sulfonamides is 1. The minimum atomic E-state index is -3.56. The molecule has 0 heterocycles. The number of amides is 2. The Morgan fingerprint density at radius 1 is 0.951 bits per heavy atom. The highest BCUT2D eigenvalue weighted by molar-refractivity contribution is 7.89. The lowest BCUT2D eigenvalue weighted by atomic mass is 10.0. The fourth-order valence-electron chi connectivity index (χ4n) is 4.45. The molecule has 0 saturated heterocycles. The Balaban J connectivity index is 1.53. The predicted octanol–water partition coefficient (Wildman–Crippen LogP) is 3.60. The second kappa shape index (κ2) is 14.3. The second-order valence-corrected chi connectivity index (χ2v) is 11.9. The number of hydrogen-bond acceptors (Lipinski definition) is 5. The number of nitrogens with zero attached hydrogens (tertiary/aromatic N) is 1. The molecule has 218 valence electrons. The number of halogens is 1. The average Bonchev–Trinajstić information content (AvgIpc) is 3.79. The first-order valence-corrected chi connectivity index (χ1v) is 15.2. The summed E-state index contributed by atoms with van der Waals surface area (Å²) in [6.07, 6.45) is 2.46. The molecule has 41 heavy (non-hydrogen) atoms. The quantitative estimate of drug-likeness (QED) is 0.267. The van der Waals surface area contributed by atoms with Gasteiger partial charge in [0.05, 0.1) is 11.5 Å². The van der Waals surface area contributed by atoms with Gasteiger partial charge in [0.25, 0.3) is 0 Å². The van der Waals surface area contributed by atoms with E-state index in [2.05, 4.69) is 10.0 Å². The molecule has 0 radical (unpaired) electrons. The van der Waals surface area contributed by atoms with E-state index in [1.165, 1.54) is 12.1 Å². The van der Waals surface area contributed by atoms with Gasteiger partial charge in [-0.2, -0.15) is 0 Å². The number of nitrogens with one attached hydrogen (secondary N) is 2. The first kappa shape index (κ1) is 30.4. The molecule has 0 aromatic heterocycles. The van der Waals surface area contributed by atoms with Crippen LogP contribution in [0, 0.1) is 5.82 Å². The molecule has 8 nitrogen and oxygen atoms in total. The van der Waals surface area contributed by atoms with Gasteiger partial charge in [-0.05, 0) is 60.2 Å². The molecule has 1 atom stereocenters. The molecule has 0 bridgehead atoms. The van der Waals surface area contributed by atoms with Crippen LogP contribution in [0.25, 0.3) is 0 Å². The van der Waals surface area contributed by atoms with Crippen molar-refractivity contribution in [2.24, 2.45) is 0 Å². The lowest BCUT2D eigenvalue weighted by molar-refractivity contribution is -0.141. The van der Waals surface area contributed by atoms with Crippen LogP contribution in [0.5, 0.6) is 0 Å². The van der Waals surface area contributed by atoms with Gasteiger partial charge in [-0.3, -0.25) is 9.59 Å². The molecule has 2 N–H and O–H groups in total. The van der Waals surface area contributed by atoms with Crippen molar-refractivity contribution in [1.29, 1.82) is 0 Å². The minimum Gasteiger partial charge on any atom is -0.383 e. The Kier molecular flexibility index (Phi) is 10.6. The van der Waals surface area contributed by atoms with E-state index in [1.54, 1.807) is 48.4 Å². The molecule has 10 heteroatoms. The monoisotopic (exact) mass is 581 g/mol. The van der Waals surface area contributed by atoms with Gasteiger partial charge < -0.3 is 15.0 Å². The zero-order chi connectivity index (χ0) is 29.2. The zero-order valence-electron chi connectivity index (χ0n) is 23.1. The van der Waals surface area contributed by atoms with Crippen molar-refractivity contribution in [3.8, 4) is 0 Å². The lowest BCUT2D eigenvalue weighted by Crippen LogP contribution is -2.51. The zero-order valence-corrected chi connectivity index (χ0v) is 23.9. The van der Waals surface area contributed by atoms with Crippen LogP contribution in [-0.4, -0.2) is 57.5 Å². The van der Waals surface area contributed by atoms with Crippen molar-refractivity contribution in [2.45, 2.75) is 55.6 Å². The van der Waals surface area contributed by atoms with Gasteiger partial charge in [0, 0.05) is 39.1 Å². The smallest absolute Gasteiger partial charge is 0.243 e. The normalized spacial score (nSPS) is 13.9. The Labute approximate surface area is 241 Å². The maximum absolute atomic E-state index is 13.7. The van der Waals surface area contributed by atoms with Crippen molar-refractivity contribution >= 4 is 21.8 Å². The van der Waals surface area contributed by atoms with E-state index < -0.39 is 16.1 Å². The summed E-state index contributed by atoms with van der Waals surface area (Å²) in [6.45, 7) is 0.750. The maximum atomic E-state index is 13.7. The summed E-state index contributed by atoms with van der Waals surface area (Å²) >= 11 is 0. The highest BCUT2D eigenvalue weighted by atomic mass is 32.2. The minimum absolute atomic E-state index is 0.0138. The molecule has 0 unspecified atom stereocenters. The van der Waals surface area contributed by atoms with Gasteiger partial charge in [-0.1, -0.05) is 54.6 Å². The van der Waals surface area contributed by atoms with Crippen LogP contribution in [-0.2, 0) is 43.7 Å². The fraction of sp³-hybridized carbons (Fsp3) is 0.355. The molecular formula is C31H36FN3O5S. The number of benzene rings is 3. The van der Waals surface area contributed by atoms with Crippen molar-refractivity contribution in [1.82, 2.24) is 14.9 Å². The van der Waals surface area contributed by atoms with Gasteiger partial charge in [-0.25, -0.2) is 17.5 Å². The highest BCUT2D eigenvalue weighted by Gasteiger charge is 2.30. The molecule has 1 aliphatic rings. The average molecular weight is 582 g/mol. The van der Waals surface area contributed by atoms with Crippen molar-refractivity contribution in [3.63, 3.8) is 0 Å². The topological polar surface area (TPSA) is 105 Å². The van der Waals surface area contributed by atoms with Crippen LogP contribution in [0.4, 0.5) is 4.39 Å². The van der Waals surface area contributed by atoms with Crippen LogP contribution >= 0.6 is 0 Å². The number of methoxy groups -OCH3 is 1. The first-order chi connectivity index (χ1) is 19.7. The third kappa shape index (κ3) is 9.21. The molecule has 1 fully saturated rings. The molecule has 2 amide bonds. The summed E-state index contributed by atoms with van der Waals surface area (Å²) in [5.41, 5.74) is 2.39. The Bertz CT molecular complexity index is 1400.